The maximum absolute atomic E-state index is 13.2. The van der Waals surface area contributed by atoms with Crippen molar-refractivity contribution in [3.05, 3.63) is 53.3 Å². The molecule has 0 fully saturated rings. The molecule has 2 rings (SSSR count). The first-order valence-corrected chi connectivity index (χ1v) is 5.93. The van der Waals surface area contributed by atoms with Gasteiger partial charge in [-0.3, -0.25) is 0 Å². The molecule has 104 valence electrons. The molecular formula is C15H14FNO3. The van der Waals surface area contributed by atoms with E-state index in [1.54, 1.807) is 31.2 Å². The molecule has 4 nitrogen and oxygen atoms in total. The molecule has 5 heteroatoms. The van der Waals surface area contributed by atoms with Crippen LogP contribution >= 0.6 is 0 Å². The van der Waals surface area contributed by atoms with Crippen molar-refractivity contribution in [3.8, 4) is 11.5 Å². The van der Waals surface area contributed by atoms with Crippen molar-refractivity contribution < 1.29 is 18.7 Å². The SMILES string of the molecule is COC(=O)c1cccc(Oc2ccc(F)c(C)c2)c1N. The molecule has 0 amide bonds. The molecule has 2 aromatic carbocycles. The van der Waals surface area contributed by atoms with Gasteiger partial charge in [-0.1, -0.05) is 6.07 Å². The van der Waals surface area contributed by atoms with Crippen LogP contribution in [0.5, 0.6) is 11.5 Å². The fourth-order valence-corrected chi connectivity index (χ4v) is 1.73. The van der Waals surface area contributed by atoms with Crippen LogP contribution in [-0.4, -0.2) is 13.1 Å². The van der Waals surface area contributed by atoms with Crippen molar-refractivity contribution in [1.29, 1.82) is 0 Å². The second-order valence-electron chi connectivity index (χ2n) is 4.22. The third-order valence-corrected chi connectivity index (χ3v) is 2.83. The molecule has 0 heterocycles. The molecule has 0 radical (unpaired) electrons. The predicted molar refractivity (Wildman–Crippen MR) is 73.4 cm³/mol. The predicted octanol–water partition coefficient (Wildman–Crippen LogP) is 3.30. The van der Waals surface area contributed by atoms with Crippen LogP contribution in [0.3, 0.4) is 0 Å². The van der Waals surface area contributed by atoms with Crippen LogP contribution in [0, 0.1) is 12.7 Å². The van der Waals surface area contributed by atoms with Gasteiger partial charge < -0.3 is 15.2 Å². The van der Waals surface area contributed by atoms with Crippen molar-refractivity contribution in [2.75, 3.05) is 12.8 Å². The molecule has 0 aliphatic rings. The smallest absolute Gasteiger partial charge is 0.340 e. The highest BCUT2D eigenvalue weighted by Crippen LogP contribution is 2.31. The van der Waals surface area contributed by atoms with Crippen LogP contribution in [0.25, 0.3) is 0 Å². The number of esters is 1. The summed E-state index contributed by atoms with van der Waals surface area (Å²) in [6.07, 6.45) is 0. The lowest BCUT2D eigenvalue weighted by molar-refractivity contribution is 0.0601. The third kappa shape index (κ3) is 2.71. The monoisotopic (exact) mass is 275 g/mol. The number of ether oxygens (including phenoxy) is 2. The van der Waals surface area contributed by atoms with Crippen molar-refractivity contribution in [1.82, 2.24) is 0 Å². The number of hydrogen-bond donors (Lipinski definition) is 1. The molecule has 0 unspecified atom stereocenters. The number of halogens is 1. The van der Waals surface area contributed by atoms with Crippen molar-refractivity contribution >= 4 is 11.7 Å². The molecule has 20 heavy (non-hydrogen) atoms. The summed E-state index contributed by atoms with van der Waals surface area (Å²) in [4.78, 5) is 11.5. The Labute approximate surface area is 115 Å². The largest absolute Gasteiger partial charge is 0.465 e. The minimum atomic E-state index is -0.539. The van der Waals surface area contributed by atoms with Gasteiger partial charge in [0.25, 0.3) is 0 Å². The Hall–Kier alpha value is -2.56. The summed E-state index contributed by atoms with van der Waals surface area (Å²) in [7, 11) is 1.28. The minimum absolute atomic E-state index is 0.182. The number of para-hydroxylation sites is 1. The van der Waals surface area contributed by atoms with Gasteiger partial charge in [-0.25, -0.2) is 9.18 Å². The highest BCUT2D eigenvalue weighted by molar-refractivity contribution is 5.96. The van der Waals surface area contributed by atoms with Gasteiger partial charge in [-0.15, -0.1) is 0 Å². The maximum Gasteiger partial charge on any atom is 0.340 e. The lowest BCUT2D eigenvalue weighted by Crippen LogP contribution is -2.06. The van der Waals surface area contributed by atoms with Gasteiger partial charge in [0.05, 0.1) is 18.4 Å². The van der Waals surface area contributed by atoms with Gasteiger partial charge in [0.1, 0.15) is 11.6 Å². The van der Waals surface area contributed by atoms with E-state index in [4.69, 9.17) is 10.5 Å². The molecule has 0 spiro atoms. The molecular weight excluding hydrogens is 261 g/mol. The zero-order chi connectivity index (χ0) is 14.7. The Morgan fingerprint density at radius 3 is 2.65 bits per heavy atom. The maximum atomic E-state index is 13.2. The van der Waals surface area contributed by atoms with Crippen LogP contribution in [0.2, 0.25) is 0 Å². The van der Waals surface area contributed by atoms with E-state index in [-0.39, 0.29) is 17.1 Å². The molecule has 0 atom stereocenters. The summed E-state index contributed by atoms with van der Waals surface area (Å²) in [5.74, 6) is -0.0894. The van der Waals surface area contributed by atoms with E-state index in [2.05, 4.69) is 4.74 Å². The second-order valence-corrected chi connectivity index (χ2v) is 4.22. The lowest BCUT2D eigenvalue weighted by Gasteiger charge is -2.11. The van der Waals surface area contributed by atoms with Crippen molar-refractivity contribution in [2.24, 2.45) is 0 Å². The number of carbonyl (C=O) groups is 1. The summed E-state index contributed by atoms with van der Waals surface area (Å²) in [6, 6.07) is 9.16. The standard InChI is InChI=1S/C15H14FNO3/c1-9-8-10(6-7-12(9)16)20-13-5-3-4-11(14(13)17)15(18)19-2/h3-8H,17H2,1-2H3. The molecule has 0 aliphatic carbocycles. The van der Waals surface area contributed by atoms with Gasteiger partial charge in [0.15, 0.2) is 5.75 Å². The number of aryl methyl sites for hydroxylation is 1. The molecule has 0 bridgehead atoms. The molecule has 2 aromatic rings. The number of rotatable bonds is 3. The molecule has 0 aromatic heterocycles. The fourth-order valence-electron chi connectivity index (χ4n) is 1.73. The Kier molecular flexibility index (Phi) is 3.89. The highest BCUT2D eigenvalue weighted by atomic mass is 19.1. The Bertz CT molecular complexity index is 656. The van der Waals surface area contributed by atoms with E-state index < -0.39 is 5.97 Å². The van der Waals surface area contributed by atoms with E-state index in [0.717, 1.165) is 0 Å². The summed E-state index contributed by atoms with van der Waals surface area (Å²) < 4.78 is 23.4. The zero-order valence-corrected chi connectivity index (χ0v) is 11.1. The van der Waals surface area contributed by atoms with E-state index in [1.807, 2.05) is 0 Å². The molecule has 0 saturated heterocycles. The van der Waals surface area contributed by atoms with E-state index >= 15 is 0 Å². The number of carbonyl (C=O) groups excluding carboxylic acids is 1. The zero-order valence-electron chi connectivity index (χ0n) is 11.1. The van der Waals surface area contributed by atoms with Crippen LogP contribution in [-0.2, 0) is 4.74 Å². The quantitative estimate of drug-likeness (QED) is 0.689. The number of nitrogen functional groups attached to an aromatic ring is 1. The molecule has 2 N–H and O–H groups in total. The van der Waals surface area contributed by atoms with Gasteiger partial charge >= 0.3 is 5.97 Å². The summed E-state index contributed by atoms with van der Waals surface area (Å²) in [5.41, 5.74) is 6.75. The molecule has 0 saturated carbocycles. The number of hydrogen-bond acceptors (Lipinski definition) is 4. The third-order valence-electron chi connectivity index (χ3n) is 2.83. The normalized spacial score (nSPS) is 10.2. The van der Waals surface area contributed by atoms with E-state index in [9.17, 15) is 9.18 Å². The Morgan fingerprint density at radius 1 is 1.25 bits per heavy atom. The lowest BCUT2D eigenvalue weighted by atomic mass is 10.1. The van der Waals surface area contributed by atoms with Crippen LogP contribution in [0.4, 0.5) is 10.1 Å². The average molecular weight is 275 g/mol. The first-order valence-electron chi connectivity index (χ1n) is 5.93. The van der Waals surface area contributed by atoms with Crippen LogP contribution in [0.1, 0.15) is 15.9 Å². The van der Waals surface area contributed by atoms with Gasteiger partial charge in [0.2, 0.25) is 0 Å². The topological polar surface area (TPSA) is 61.5 Å². The van der Waals surface area contributed by atoms with Gasteiger partial charge in [-0.05, 0) is 42.8 Å². The Morgan fingerprint density at radius 2 is 2.00 bits per heavy atom. The van der Waals surface area contributed by atoms with E-state index in [1.165, 1.54) is 19.2 Å². The summed E-state index contributed by atoms with van der Waals surface area (Å²) in [5, 5.41) is 0. The van der Waals surface area contributed by atoms with Crippen LogP contribution in [0.15, 0.2) is 36.4 Å². The van der Waals surface area contributed by atoms with Gasteiger partial charge in [0, 0.05) is 0 Å². The minimum Gasteiger partial charge on any atom is -0.465 e. The number of methoxy groups -OCH3 is 1. The van der Waals surface area contributed by atoms with E-state index in [0.29, 0.717) is 17.1 Å². The average Bonchev–Trinajstić information content (AvgIpc) is 2.44. The number of anilines is 1. The summed E-state index contributed by atoms with van der Waals surface area (Å²) in [6.45, 7) is 1.64. The first-order chi connectivity index (χ1) is 9.52. The van der Waals surface area contributed by atoms with Crippen LogP contribution < -0.4 is 10.5 Å². The summed E-state index contributed by atoms with van der Waals surface area (Å²) >= 11 is 0. The highest BCUT2D eigenvalue weighted by Gasteiger charge is 2.14. The number of benzene rings is 2. The fraction of sp³-hybridized carbons (Fsp3) is 0.133. The van der Waals surface area contributed by atoms with Crippen molar-refractivity contribution in [3.63, 3.8) is 0 Å². The first kappa shape index (κ1) is 13.9. The number of nitrogens with two attached hydrogens (primary N) is 1. The van der Waals surface area contributed by atoms with Gasteiger partial charge in [-0.2, -0.15) is 0 Å². The van der Waals surface area contributed by atoms with Crippen molar-refractivity contribution in [2.45, 2.75) is 6.92 Å². The second kappa shape index (κ2) is 5.61. The molecule has 0 aliphatic heterocycles. The Balaban J connectivity index is 2.34.